The van der Waals surface area contributed by atoms with Crippen LogP contribution in [0, 0.1) is 0 Å². The van der Waals surface area contributed by atoms with Crippen LogP contribution in [0.4, 0.5) is 0 Å². The summed E-state index contributed by atoms with van der Waals surface area (Å²) < 4.78 is 5.20. The number of rotatable bonds is 9. The fourth-order valence-corrected chi connectivity index (χ4v) is 2.93. The molecule has 26 heavy (non-hydrogen) atoms. The molecule has 0 radical (unpaired) electrons. The maximum atomic E-state index is 11.8. The highest BCUT2D eigenvalue weighted by molar-refractivity contribution is 7.08. The number of methoxy groups -OCH3 is 1. The number of carboxylic acids is 1. The first-order chi connectivity index (χ1) is 12.5. The molecule has 1 aromatic carbocycles. The van der Waals surface area contributed by atoms with Gasteiger partial charge in [0.15, 0.2) is 0 Å². The van der Waals surface area contributed by atoms with Gasteiger partial charge in [-0.1, -0.05) is 6.07 Å². The molecule has 0 saturated carbocycles. The van der Waals surface area contributed by atoms with E-state index in [1.807, 2.05) is 5.38 Å². The van der Waals surface area contributed by atoms with Crippen LogP contribution in [0.15, 0.2) is 35.0 Å². The van der Waals surface area contributed by atoms with Crippen LogP contribution in [-0.4, -0.2) is 43.1 Å². The third-order valence-corrected chi connectivity index (χ3v) is 4.35. The molecule has 138 valence electrons. The molecule has 8 heteroatoms. The number of nitrogens with one attached hydrogen (secondary N) is 2. The van der Waals surface area contributed by atoms with Gasteiger partial charge in [-0.25, -0.2) is 4.79 Å². The van der Waals surface area contributed by atoms with E-state index in [1.54, 1.807) is 17.5 Å². The minimum Gasteiger partial charge on any atom is -0.496 e. The van der Waals surface area contributed by atoms with Crippen molar-refractivity contribution in [2.45, 2.75) is 12.8 Å². The van der Waals surface area contributed by atoms with E-state index in [2.05, 4.69) is 10.6 Å². The van der Waals surface area contributed by atoms with E-state index < -0.39 is 5.97 Å². The van der Waals surface area contributed by atoms with Gasteiger partial charge < -0.3 is 20.5 Å². The van der Waals surface area contributed by atoms with E-state index in [4.69, 9.17) is 9.84 Å². The molecule has 2 aromatic rings. The predicted octanol–water partition coefficient (Wildman–Crippen LogP) is 1.93. The number of benzene rings is 1. The van der Waals surface area contributed by atoms with Gasteiger partial charge in [-0.2, -0.15) is 11.3 Å². The maximum Gasteiger partial charge on any atom is 0.335 e. The standard InChI is InChI=1S/C18H20N2O5S/c1-25-15-10-13(18(23)24)3-2-12(15)4-7-19-16(21)5-8-20-17(22)14-6-9-26-11-14/h2-3,6,9-11H,4-5,7-8H2,1H3,(H,19,21)(H,20,22)(H,23,24). The van der Waals surface area contributed by atoms with Crippen molar-refractivity contribution in [2.75, 3.05) is 20.2 Å². The topological polar surface area (TPSA) is 105 Å². The van der Waals surface area contributed by atoms with Crippen molar-refractivity contribution in [2.24, 2.45) is 0 Å². The molecule has 2 amide bonds. The first kappa shape index (κ1) is 19.5. The van der Waals surface area contributed by atoms with Gasteiger partial charge in [0.25, 0.3) is 5.91 Å². The highest BCUT2D eigenvalue weighted by Gasteiger charge is 2.10. The Labute approximate surface area is 155 Å². The van der Waals surface area contributed by atoms with Crippen molar-refractivity contribution in [3.8, 4) is 5.75 Å². The molecule has 0 atom stereocenters. The molecule has 0 aliphatic carbocycles. The molecule has 0 unspecified atom stereocenters. The Bertz CT molecular complexity index is 774. The molecule has 0 saturated heterocycles. The zero-order chi connectivity index (χ0) is 18.9. The number of hydrogen-bond donors (Lipinski definition) is 3. The van der Waals surface area contributed by atoms with Gasteiger partial charge in [0.1, 0.15) is 5.75 Å². The van der Waals surface area contributed by atoms with Crippen molar-refractivity contribution in [1.82, 2.24) is 10.6 Å². The SMILES string of the molecule is COc1cc(C(=O)O)ccc1CCNC(=O)CCNC(=O)c1ccsc1. The van der Waals surface area contributed by atoms with Crippen LogP contribution >= 0.6 is 11.3 Å². The number of amides is 2. The van der Waals surface area contributed by atoms with Crippen molar-refractivity contribution in [1.29, 1.82) is 0 Å². The molecule has 0 spiro atoms. The number of hydrogen-bond acceptors (Lipinski definition) is 5. The fraction of sp³-hybridized carbons (Fsp3) is 0.278. The van der Waals surface area contributed by atoms with Crippen LogP contribution in [0.2, 0.25) is 0 Å². The quantitative estimate of drug-likeness (QED) is 0.620. The summed E-state index contributed by atoms with van der Waals surface area (Å²) in [6, 6.07) is 6.36. The van der Waals surface area contributed by atoms with Crippen molar-refractivity contribution in [3.63, 3.8) is 0 Å². The van der Waals surface area contributed by atoms with Crippen molar-refractivity contribution < 1.29 is 24.2 Å². The van der Waals surface area contributed by atoms with Crippen molar-refractivity contribution in [3.05, 3.63) is 51.7 Å². The number of carboxylic acid groups (broad SMARTS) is 1. The summed E-state index contributed by atoms with van der Waals surface area (Å²) in [5.74, 6) is -0.908. The van der Waals surface area contributed by atoms with E-state index in [-0.39, 0.29) is 30.3 Å². The van der Waals surface area contributed by atoms with Gasteiger partial charge in [-0.3, -0.25) is 9.59 Å². The molecule has 0 aliphatic heterocycles. The fourth-order valence-electron chi connectivity index (χ4n) is 2.29. The van der Waals surface area contributed by atoms with Gasteiger partial charge in [-0.05, 0) is 35.6 Å². The third kappa shape index (κ3) is 5.59. The van der Waals surface area contributed by atoms with Crippen molar-refractivity contribution >= 4 is 29.1 Å². The first-order valence-corrected chi connectivity index (χ1v) is 8.93. The largest absolute Gasteiger partial charge is 0.496 e. The second-order valence-electron chi connectivity index (χ2n) is 5.45. The van der Waals surface area contributed by atoms with Crippen LogP contribution in [-0.2, 0) is 11.2 Å². The summed E-state index contributed by atoms with van der Waals surface area (Å²) in [5, 5.41) is 18.0. The molecular weight excluding hydrogens is 356 g/mol. The lowest BCUT2D eigenvalue weighted by Gasteiger charge is -2.10. The minimum atomic E-state index is -1.02. The maximum absolute atomic E-state index is 11.8. The summed E-state index contributed by atoms with van der Waals surface area (Å²) >= 11 is 1.44. The molecule has 1 aromatic heterocycles. The molecule has 1 heterocycles. The van der Waals surface area contributed by atoms with Gasteiger partial charge in [0.05, 0.1) is 12.7 Å². The average Bonchev–Trinajstić information content (AvgIpc) is 3.16. The Kier molecular flexibility index (Phi) is 7.16. The molecule has 0 aliphatic rings. The second-order valence-corrected chi connectivity index (χ2v) is 6.23. The summed E-state index contributed by atoms with van der Waals surface area (Å²) in [6.07, 6.45) is 0.695. The first-order valence-electron chi connectivity index (χ1n) is 7.98. The molecule has 3 N–H and O–H groups in total. The van der Waals surface area contributed by atoms with Gasteiger partial charge >= 0.3 is 5.97 Å². The molecular formula is C18H20N2O5S. The zero-order valence-electron chi connectivity index (χ0n) is 14.3. The summed E-state index contributed by atoms with van der Waals surface area (Å²) in [6.45, 7) is 0.650. The summed E-state index contributed by atoms with van der Waals surface area (Å²) in [5.41, 5.74) is 1.55. The average molecular weight is 376 g/mol. The summed E-state index contributed by atoms with van der Waals surface area (Å²) in [7, 11) is 1.47. The highest BCUT2D eigenvalue weighted by atomic mass is 32.1. The minimum absolute atomic E-state index is 0.149. The van der Waals surface area contributed by atoms with Crippen LogP contribution < -0.4 is 15.4 Å². The molecule has 7 nitrogen and oxygen atoms in total. The Hall–Kier alpha value is -2.87. The zero-order valence-corrected chi connectivity index (χ0v) is 15.1. The lowest BCUT2D eigenvalue weighted by atomic mass is 10.1. The Morgan fingerprint density at radius 2 is 1.92 bits per heavy atom. The summed E-state index contributed by atoms with van der Waals surface area (Å²) in [4.78, 5) is 34.5. The molecule has 2 rings (SSSR count). The number of thiophene rings is 1. The van der Waals surface area contributed by atoms with Gasteiger partial charge in [0.2, 0.25) is 5.91 Å². The lowest BCUT2D eigenvalue weighted by molar-refractivity contribution is -0.120. The van der Waals surface area contributed by atoms with Crippen LogP contribution in [0.25, 0.3) is 0 Å². The number of carbonyl (C=O) groups is 3. The predicted molar refractivity (Wildman–Crippen MR) is 97.9 cm³/mol. The Morgan fingerprint density at radius 3 is 2.58 bits per heavy atom. The van der Waals surface area contributed by atoms with E-state index in [0.717, 1.165) is 5.56 Å². The Morgan fingerprint density at radius 1 is 1.12 bits per heavy atom. The van der Waals surface area contributed by atoms with E-state index >= 15 is 0 Å². The van der Waals surface area contributed by atoms with Gasteiger partial charge in [-0.15, -0.1) is 0 Å². The molecule has 0 fully saturated rings. The number of carbonyl (C=O) groups excluding carboxylic acids is 2. The van der Waals surface area contributed by atoms with Crippen LogP contribution in [0.1, 0.15) is 32.7 Å². The lowest BCUT2D eigenvalue weighted by Crippen LogP contribution is -2.31. The van der Waals surface area contributed by atoms with Crippen LogP contribution in [0.5, 0.6) is 5.75 Å². The van der Waals surface area contributed by atoms with E-state index in [9.17, 15) is 14.4 Å². The normalized spacial score (nSPS) is 10.2. The molecule has 0 bridgehead atoms. The van der Waals surface area contributed by atoms with Crippen LogP contribution in [0.3, 0.4) is 0 Å². The van der Waals surface area contributed by atoms with E-state index in [1.165, 1.54) is 30.6 Å². The number of ether oxygens (including phenoxy) is 1. The monoisotopic (exact) mass is 376 g/mol. The third-order valence-electron chi connectivity index (χ3n) is 3.67. The highest BCUT2D eigenvalue weighted by Crippen LogP contribution is 2.20. The Balaban J connectivity index is 1.72. The van der Waals surface area contributed by atoms with E-state index in [0.29, 0.717) is 24.3 Å². The second kappa shape index (κ2) is 9.57. The smallest absolute Gasteiger partial charge is 0.335 e. The number of aromatic carboxylic acids is 1. The van der Waals surface area contributed by atoms with Gasteiger partial charge in [0, 0.05) is 30.5 Å².